The standard InChI is InChI=1S/C13H16ClFN2O2/c14-8-3-4-11(15)10(6-8)12(13(16)18)17-7-9-2-1-5-19-9/h3-4,6,9,12,17H,1-2,5,7H2,(H2,16,18). The molecule has 0 aromatic heterocycles. The second-order valence-corrected chi connectivity index (χ2v) is 4.98. The van der Waals surface area contributed by atoms with Crippen LogP contribution in [0, 0.1) is 5.82 Å². The molecule has 1 aliphatic rings. The van der Waals surface area contributed by atoms with Gasteiger partial charge in [0.2, 0.25) is 5.91 Å². The summed E-state index contributed by atoms with van der Waals surface area (Å²) in [5, 5.41) is 3.31. The molecule has 4 nitrogen and oxygen atoms in total. The summed E-state index contributed by atoms with van der Waals surface area (Å²) in [4.78, 5) is 11.5. The van der Waals surface area contributed by atoms with Gasteiger partial charge in [-0.15, -0.1) is 0 Å². The molecule has 19 heavy (non-hydrogen) atoms. The van der Waals surface area contributed by atoms with E-state index in [9.17, 15) is 9.18 Å². The smallest absolute Gasteiger partial charge is 0.239 e. The zero-order valence-corrected chi connectivity index (χ0v) is 11.1. The second kappa shape index (κ2) is 6.32. The SMILES string of the molecule is NC(=O)C(NCC1CCCO1)c1cc(Cl)ccc1F. The minimum Gasteiger partial charge on any atom is -0.377 e. The fourth-order valence-corrected chi connectivity index (χ4v) is 2.33. The van der Waals surface area contributed by atoms with Crippen LogP contribution in [0.1, 0.15) is 24.4 Å². The molecule has 1 aromatic carbocycles. The maximum Gasteiger partial charge on any atom is 0.239 e. The zero-order chi connectivity index (χ0) is 13.8. The van der Waals surface area contributed by atoms with Crippen LogP contribution in [-0.4, -0.2) is 25.2 Å². The molecule has 3 N–H and O–H groups in total. The lowest BCUT2D eigenvalue weighted by atomic mass is 10.1. The monoisotopic (exact) mass is 286 g/mol. The van der Waals surface area contributed by atoms with Crippen molar-refractivity contribution in [2.75, 3.05) is 13.2 Å². The Bertz CT molecular complexity index is 464. The van der Waals surface area contributed by atoms with E-state index in [1.54, 1.807) is 0 Å². The average Bonchev–Trinajstić information content (AvgIpc) is 2.86. The normalized spacial score (nSPS) is 20.4. The molecule has 0 bridgehead atoms. The van der Waals surface area contributed by atoms with Crippen molar-refractivity contribution >= 4 is 17.5 Å². The molecule has 2 unspecified atom stereocenters. The number of benzene rings is 1. The van der Waals surface area contributed by atoms with E-state index in [-0.39, 0.29) is 11.7 Å². The molecular formula is C13H16ClFN2O2. The van der Waals surface area contributed by atoms with Gasteiger partial charge in [-0.3, -0.25) is 10.1 Å². The fraction of sp³-hybridized carbons (Fsp3) is 0.462. The Morgan fingerprint density at radius 3 is 3.05 bits per heavy atom. The molecule has 1 aliphatic heterocycles. The molecule has 0 saturated carbocycles. The van der Waals surface area contributed by atoms with E-state index in [0.29, 0.717) is 11.6 Å². The van der Waals surface area contributed by atoms with Crippen molar-refractivity contribution in [1.82, 2.24) is 5.32 Å². The molecule has 0 radical (unpaired) electrons. The number of halogens is 2. The molecule has 2 rings (SSSR count). The lowest BCUT2D eigenvalue weighted by Gasteiger charge is -2.19. The Hall–Kier alpha value is -1.17. The predicted molar refractivity (Wildman–Crippen MR) is 70.3 cm³/mol. The van der Waals surface area contributed by atoms with Gasteiger partial charge in [-0.25, -0.2) is 4.39 Å². The molecule has 0 aliphatic carbocycles. The third-order valence-corrected chi connectivity index (χ3v) is 3.36. The first-order valence-electron chi connectivity index (χ1n) is 6.17. The van der Waals surface area contributed by atoms with E-state index in [1.807, 2.05) is 0 Å². The van der Waals surface area contributed by atoms with Gasteiger partial charge < -0.3 is 10.5 Å². The van der Waals surface area contributed by atoms with Gasteiger partial charge in [0, 0.05) is 23.7 Å². The number of hydrogen-bond acceptors (Lipinski definition) is 3. The largest absolute Gasteiger partial charge is 0.377 e. The number of primary amides is 1. The van der Waals surface area contributed by atoms with Gasteiger partial charge in [-0.1, -0.05) is 11.6 Å². The molecule has 2 atom stereocenters. The number of carbonyl (C=O) groups is 1. The van der Waals surface area contributed by atoms with Crippen LogP contribution in [0.25, 0.3) is 0 Å². The van der Waals surface area contributed by atoms with Crippen LogP contribution in [-0.2, 0) is 9.53 Å². The van der Waals surface area contributed by atoms with Crippen LogP contribution in [0.4, 0.5) is 4.39 Å². The number of nitrogens with one attached hydrogen (secondary N) is 1. The first kappa shape index (κ1) is 14.2. The van der Waals surface area contributed by atoms with Crippen molar-refractivity contribution in [2.45, 2.75) is 25.0 Å². The van der Waals surface area contributed by atoms with Gasteiger partial charge >= 0.3 is 0 Å². The molecule has 6 heteroatoms. The van der Waals surface area contributed by atoms with Crippen molar-refractivity contribution in [2.24, 2.45) is 5.73 Å². The topological polar surface area (TPSA) is 64.4 Å². The zero-order valence-electron chi connectivity index (χ0n) is 10.4. The molecule has 1 saturated heterocycles. The third kappa shape index (κ3) is 3.65. The van der Waals surface area contributed by atoms with Crippen molar-refractivity contribution in [3.8, 4) is 0 Å². The van der Waals surface area contributed by atoms with Crippen LogP contribution in [0.3, 0.4) is 0 Å². The van der Waals surface area contributed by atoms with Gasteiger partial charge in [0.05, 0.1) is 6.10 Å². The number of carbonyl (C=O) groups excluding carboxylic acids is 1. The lowest BCUT2D eigenvalue weighted by molar-refractivity contribution is -0.120. The highest BCUT2D eigenvalue weighted by Crippen LogP contribution is 2.22. The average molecular weight is 287 g/mol. The number of ether oxygens (including phenoxy) is 1. The van der Waals surface area contributed by atoms with Crippen molar-refractivity contribution in [3.63, 3.8) is 0 Å². The molecule has 1 fully saturated rings. The molecule has 104 valence electrons. The summed E-state index contributed by atoms with van der Waals surface area (Å²) < 4.78 is 19.2. The van der Waals surface area contributed by atoms with Crippen molar-refractivity contribution in [1.29, 1.82) is 0 Å². The molecule has 1 aromatic rings. The predicted octanol–water partition coefficient (Wildman–Crippen LogP) is 1.77. The van der Waals surface area contributed by atoms with Crippen LogP contribution in [0.2, 0.25) is 5.02 Å². The fourth-order valence-electron chi connectivity index (χ4n) is 2.15. The number of nitrogens with two attached hydrogens (primary N) is 1. The highest BCUT2D eigenvalue weighted by molar-refractivity contribution is 6.30. The van der Waals surface area contributed by atoms with Crippen LogP contribution < -0.4 is 11.1 Å². The summed E-state index contributed by atoms with van der Waals surface area (Å²) in [6.45, 7) is 1.18. The first-order valence-corrected chi connectivity index (χ1v) is 6.55. The molecule has 0 spiro atoms. The van der Waals surface area contributed by atoms with E-state index in [1.165, 1.54) is 18.2 Å². The minimum atomic E-state index is -0.900. The van der Waals surface area contributed by atoms with E-state index < -0.39 is 17.8 Å². The Labute approximate surface area is 116 Å². The van der Waals surface area contributed by atoms with Crippen LogP contribution in [0.15, 0.2) is 18.2 Å². The Morgan fingerprint density at radius 2 is 2.42 bits per heavy atom. The number of hydrogen-bond donors (Lipinski definition) is 2. The summed E-state index contributed by atoms with van der Waals surface area (Å²) in [7, 11) is 0. The van der Waals surface area contributed by atoms with Crippen LogP contribution in [0.5, 0.6) is 0 Å². The van der Waals surface area contributed by atoms with Gasteiger partial charge in [0.1, 0.15) is 11.9 Å². The van der Waals surface area contributed by atoms with Gasteiger partial charge in [-0.2, -0.15) is 0 Å². The summed E-state index contributed by atoms with van der Waals surface area (Å²) in [6.07, 6.45) is 1.97. The number of amides is 1. The third-order valence-electron chi connectivity index (χ3n) is 3.13. The quantitative estimate of drug-likeness (QED) is 0.867. The minimum absolute atomic E-state index is 0.0455. The maximum atomic E-state index is 13.7. The summed E-state index contributed by atoms with van der Waals surface area (Å²) in [5.74, 6) is -1.15. The van der Waals surface area contributed by atoms with Gasteiger partial charge in [0.15, 0.2) is 0 Å². The highest BCUT2D eigenvalue weighted by atomic mass is 35.5. The molecular weight excluding hydrogens is 271 g/mol. The summed E-state index contributed by atoms with van der Waals surface area (Å²) in [6, 6.07) is 3.16. The molecule has 1 amide bonds. The van der Waals surface area contributed by atoms with Gasteiger partial charge in [-0.05, 0) is 31.0 Å². The second-order valence-electron chi connectivity index (χ2n) is 4.54. The van der Waals surface area contributed by atoms with E-state index in [2.05, 4.69) is 5.32 Å². The van der Waals surface area contributed by atoms with E-state index >= 15 is 0 Å². The summed E-state index contributed by atoms with van der Waals surface area (Å²) in [5.41, 5.74) is 5.49. The lowest BCUT2D eigenvalue weighted by Crippen LogP contribution is -2.38. The first-order chi connectivity index (χ1) is 9.08. The van der Waals surface area contributed by atoms with E-state index in [4.69, 9.17) is 22.1 Å². The highest BCUT2D eigenvalue weighted by Gasteiger charge is 2.24. The van der Waals surface area contributed by atoms with E-state index in [0.717, 1.165) is 19.4 Å². The van der Waals surface area contributed by atoms with Gasteiger partial charge in [0.25, 0.3) is 0 Å². The van der Waals surface area contributed by atoms with Crippen molar-refractivity contribution < 1.29 is 13.9 Å². The Morgan fingerprint density at radius 1 is 1.63 bits per heavy atom. The number of rotatable bonds is 5. The molecule has 1 heterocycles. The summed E-state index contributed by atoms with van der Waals surface area (Å²) >= 11 is 5.82. The van der Waals surface area contributed by atoms with Crippen molar-refractivity contribution in [3.05, 3.63) is 34.6 Å². The Kier molecular flexibility index (Phi) is 4.74. The van der Waals surface area contributed by atoms with Crippen LogP contribution >= 0.6 is 11.6 Å². The maximum absolute atomic E-state index is 13.7. The Balaban J connectivity index is 2.10.